The zero-order valence-electron chi connectivity index (χ0n) is 10.3. The summed E-state index contributed by atoms with van der Waals surface area (Å²) >= 11 is 0. The predicted molar refractivity (Wildman–Crippen MR) is 69.1 cm³/mol. The molecule has 1 aliphatic heterocycles. The minimum absolute atomic E-state index is 0.323. The van der Waals surface area contributed by atoms with Gasteiger partial charge in [-0.25, -0.2) is 12.7 Å². The molecule has 0 radical (unpaired) electrons. The molecule has 0 saturated heterocycles. The fourth-order valence-electron chi connectivity index (χ4n) is 1.84. The van der Waals surface area contributed by atoms with Gasteiger partial charge in [-0.05, 0) is 18.2 Å². The Morgan fingerprint density at radius 1 is 1.35 bits per heavy atom. The number of sulfonamides is 1. The number of anilines is 2. The number of nitrogens with zero attached hydrogens (tertiary/aromatic N) is 2. The Kier molecular flexibility index (Phi) is 3.01. The van der Waals surface area contributed by atoms with Crippen LogP contribution < -0.4 is 10.2 Å². The molecule has 0 aliphatic carbocycles. The number of nitrogens with one attached hydrogen (secondary N) is 1. The smallest absolute Gasteiger partial charge is 0.242 e. The molecule has 5 nitrogen and oxygen atoms in total. The van der Waals surface area contributed by atoms with E-state index in [4.69, 9.17) is 0 Å². The van der Waals surface area contributed by atoms with E-state index in [-0.39, 0.29) is 0 Å². The molecule has 1 heterocycles. The van der Waals surface area contributed by atoms with Crippen LogP contribution in [0.4, 0.5) is 11.4 Å². The molecule has 0 saturated carbocycles. The first-order chi connectivity index (χ1) is 7.93. The molecule has 94 valence electrons. The van der Waals surface area contributed by atoms with E-state index < -0.39 is 10.0 Å². The topological polar surface area (TPSA) is 52.7 Å². The van der Waals surface area contributed by atoms with Gasteiger partial charge in [-0.15, -0.1) is 0 Å². The second-order valence-electron chi connectivity index (χ2n) is 4.31. The highest BCUT2D eigenvalue weighted by molar-refractivity contribution is 7.89. The Hall–Kier alpha value is -1.27. The average Bonchev–Trinajstić information content (AvgIpc) is 2.28. The van der Waals surface area contributed by atoms with Crippen molar-refractivity contribution in [3.05, 3.63) is 18.2 Å². The molecule has 6 heteroatoms. The van der Waals surface area contributed by atoms with E-state index in [9.17, 15) is 8.42 Å². The lowest BCUT2D eigenvalue weighted by Gasteiger charge is -2.29. The van der Waals surface area contributed by atoms with Crippen LogP contribution in [-0.2, 0) is 10.0 Å². The quantitative estimate of drug-likeness (QED) is 0.849. The van der Waals surface area contributed by atoms with Crippen molar-refractivity contribution in [2.75, 3.05) is 44.4 Å². The lowest BCUT2D eigenvalue weighted by atomic mass is 10.2. The van der Waals surface area contributed by atoms with E-state index >= 15 is 0 Å². The summed E-state index contributed by atoms with van der Waals surface area (Å²) in [4.78, 5) is 2.43. The summed E-state index contributed by atoms with van der Waals surface area (Å²) in [7, 11) is 1.72. The van der Waals surface area contributed by atoms with Crippen molar-refractivity contribution in [2.45, 2.75) is 4.90 Å². The summed E-state index contributed by atoms with van der Waals surface area (Å²) in [6, 6.07) is 5.19. The number of fused-ring (bicyclic) bond motifs is 1. The molecule has 1 aromatic carbocycles. The van der Waals surface area contributed by atoms with Crippen molar-refractivity contribution >= 4 is 21.4 Å². The third-order valence-corrected chi connectivity index (χ3v) is 4.73. The predicted octanol–water partition coefficient (Wildman–Crippen LogP) is 0.799. The van der Waals surface area contributed by atoms with Gasteiger partial charge in [-0.1, -0.05) is 0 Å². The molecular formula is C11H17N3O2S. The van der Waals surface area contributed by atoms with Crippen LogP contribution in [0.15, 0.2) is 23.1 Å². The fourth-order valence-corrected chi connectivity index (χ4v) is 2.77. The lowest BCUT2D eigenvalue weighted by molar-refractivity contribution is 0.521. The zero-order valence-corrected chi connectivity index (χ0v) is 11.1. The largest absolute Gasteiger partial charge is 0.382 e. The molecule has 2 rings (SSSR count). The van der Waals surface area contributed by atoms with Crippen molar-refractivity contribution in [2.24, 2.45) is 0 Å². The van der Waals surface area contributed by atoms with Gasteiger partial charge in [0, 0.05) is 34.2 Å². The number of rotatable bonds is 2. The van der Waals surface area contributed by atoms with Crippen molar-refractivity contribution in [3.8, 4) is 0 Å². The van der Waals surface area contributed by atoms with Crippen molar-refractivity contribution in [1.82, 2.24) is 4.31 Å². The lowest BCUT2D eigenvalue weighted by Crippen LogP contribution is -2.30. The maximum Gasteiger partial charge on any atom is 0.242 e. The van der Waals surface area contributed by atoms with Crippen LogP contribution in [0.2, 0.25) is 0 Å². The molecule has 0 fully saturated rings. The van der Waals surface area contributed by atoms with Crippen LogP contribution >= 0.6 is 0 Å². The standard InChI is InChI=1S/C11H17N3O2S/c1-13(2)17(15,16)9-4-5-11-10(8-9)12-6-7-14(11)3/h4-5,8,12H,6-7H2,1-3H3. The van der Waals surface area contributed by atoms with Crippen molar-refractivity contribution in [1.29, 1.82) is 0 Å². The molecular weight excluding hydrogens is 238 g/mol. The maximum absolute atomic E-state index is 12.0. The van der Waals surface area contributed by atoms with E-state index in [2.05, 4.69) is 10.2 Å². The highest BCUT2D eigenvalue weighted by Crippen LogP contribution is 2.30. The summed E-state index contributed by atoms with van der Waals surface area (Å²) < 4.78 is 25.2. The fraction of sp³-hybridized carbons (Fsp3) is 0.455. The van der Waals surface area contributed by atoms with E-state index in [1.54, 1.807) is 12.1 Å². The van der Waals surface area contributed by atoms with Crippen LogP contribution in [0.5, 0.6) is 0 Å². The Bertz CT molecular complexity index is 526. The molecule has 0 spiro atoms. The Balaban J connectivity index is 2.48. The molecule has 0 bridgehead atoms. The number of benzene rings is 1. The highest BCUT2D eigenvalue weighted by Gasteiger charge is 2.20. The summed E-state index contributed by atoms with van der Waals surface area (Å²) in [6.45, 7) is 1.75. The Labute approximate surface area is 102 Å². The summed E-state index contributed by atoms with van der Waals surface area (Å²) in [5.41, 5.74) is 1.91. The number of hydrogen-bond acceptors (Lipinski definition) is 4. The number of hydrogen-bond donors (Lipinski definition) is 1. The normalized spacial score (nSPS) is 15.6. The number of likely N-dealkylation sites (N-methyl/N-ethyl adjacent to an activating group) is 1. The molecule has 17 heavy (non-hydrogen) atoms. The van der Waals surface area contributed by atoms with Gasteiger partial charge in [0.1, 0.15) is 0 Å². The van der Waals surface area contributed by atoms with Gasteiger partial charge in [-0.3, -0.25) is 0 Å². The van der Waals surface area contributed by atoms with Gasteiger partial charge in [0.25, 0.3) is 0 Å². The van der Waals surface area contributed by atoms with E-state index in [1.807, 2.05) is 13.1 Å². The zero-order chi connectivity index (χ0) is 12.6. The van der Waals surface area contributed by atoms with Crippen LogP contribution in [-0.4, -0.2) is 47.0 Å². The average molecular weight is 255 g/mol. The Morgan fingerprint density at radius 2 is 2.06 bits per heavy atom. The minimum atomic E-state index is -3.35. The van der Waals surface area contributed by atoms with Gasteiger partial charge in [-0.2, -0.15) is 0 Å². The van der Waals surface area contributed by atoms with Crippen LogP contribution in [0.1, 0.15) is 0 Å². The monoisotopic (exact) mass is 255 g/mol. The first kappa shape index (κ1) is 12.2. The van der Waals surface area contributed by atoms with Crippen molar-refractivity contribution in [3.63, 3.8) is 0 Å². The highest BCUT2D eigenvalue weighted by atomic mass is 32.2. The maximum atomic E-state index is 12.0. The van der Waals surface area contributed by atoms with Gasteiger partial charge < -0.3 is 10.2 Å². The molecule has 0 aromatic heterocycles. The summed E-state index contributed by atoms with van der Waals surface area (Å²) in [5.74, 6) is 0. The minimum Gasteiger partial charge on any atom is -0.382 e. The Morgan fingerprint density at radius 3 is 2.71 bits per heavy atom. The SMILES string of the molecule is CN1CCNc2cc(S(=O)(=O)N(C)C)ccc21. The molecule has 1 aromatic rings. The summed E-state index contributed by atoms with van der Waals surface area (Å²) in [6.07, 6.45) is 0. The first-order valence-electron chi connectivity index (χ1n) is 5.44. The second kappa shape index (κ2) is 4.19. The second-order valence-corrected chi connectivity index (χ2v) is 6.47. The van der Waals surface area contributed by atoms with Gasteiger partial charge in [0.05, 0.1) is 16.3 Å². The van der Waals surface area contributed by atoms with E-state index in [0.29, 0.717) is 4.90 Å². The summed E-state index contributed by atoms with van der Waals surface area (Å²) in [5, 5.41) is 3.22. The van der Waals surface area contributed by atoms with Gasteiger partial charge in [0.2, 0.25) is 10.0 Å². The van der Waals surface area contributed by atoms with Crippen LogP contribution in [0, 0.1) is 0 Å². The molecule has 1 aliphatic rings. The molecule has 0 atom stereocenters. The first-order valence-corrected chi connectivity index (χ1v) is 6.88. The van der Waals surface area contributed by atoms with Crippen LogP contribution in [0.25, 0.3) is 0 Å². The molecule has 1 N–H and O–H groups in total. The third-order valence-electron chi connectivity index (χ3n) is 2.92. The van der Waals surface area contributed by atoms with E-state index in [1.165, 1.54) is 18.4 Å². The molecule has 0 amide bonds. The van der Waals surface area contributed by atoms with E-state index in [0.717, 1.165) is 24.5 Å². The van der Waals surface area contributed by atoms with Gasteiger partial charge >= 0.3 is 0 Å². The molecule has 0 unspecified atom stereocenters. The van der Waals surface area contributed by atoms with Crippen molar-refractivity contribution < 1.29 is 8.42 Å². The van der Waals surface area contributed by atoms with Gasteiger partial charge in [0.15, 0.2) is 0 Å². The van der Waals surface area contributed by atoms with Crippen LogP contribution in [0.3, 0.4) is 0 Å². The third kappa shape index (κ3) is 2.10.